The van der Waals surface area contributed by atoms with Crippen molar-refractivity contribution in [3.05, 3.63) is 37.4 Å². The topological polar surface area (TPSA) is 93.0 Å². The molecule has 1 aromatic carbocycles. The van der Waals surface area contributed by atoms with Crippen LogP contribution in [0.2, 0.25) is 0 Å². The van der Waals surface area contributed by atoms with Crippen molar-refractivity contribution in [1.29, 1.82) is 0 Å². The summed E-state index contributed by atoms with van der Waals surface area (Å²) < 4.78 is 0. The van der Waals surface area contributed by atoms with Gasteiger partial charge in [0.2, 0.25) is 0 Å². The monoisotopic (exact) mass is 264 g/mol. The van der Waals surface area contributed by atoms with E-state index in [1.54, 1.807) is 12.2 Å². The minimum Gasteiger partial charge on any atom is -0.504 e. The zero-order valence-electron chi connectivity index (χ0n) is 10.3. The molecule has 1 aromatic rings. The van der Waals surface area contributed by atoms with E-state index in [4.69, 9.17) is 0 Å². The van der Waals surface area contributed by atoms with Gasteiger partial charge in [0.1, 0.15) is 0 Å². The number of aromatic hydroxyl groups is 3. The lowest BCUT2D eigenvalue weighted by atomic mass is 10.2. The highest BCUT2D eigenvalue weighted by Gasteiger charge is 2.13. The molecule has 1 rings (SSSR count). The van der Waals surface area contributed by atoms with Crippen molar-refractivity contribution in [2.24, 2.45) is 0 Å². The molecule has 0 spiro atoms. The van der Waals surface area contributed by atoms with Crippen molar-refractivity contribution in [1.82, 2.24) is 4.90 Å². The zero-order chi connectivity index (χ0) is 14.4. The molecule has 0 aliphatic carbocycles. The largest absolute Gasteiger partial charge is 0.504 e. The number of hydrogen-bond donors (Lipinski definition) is 4. The summed E-state index contributed by atoms with van der Waals surface area (Å²) >= 11 is 0. The van der Waals surface area contributed by atoms with Crippen LogP contribution in [0.25, 0.3) is 0 Å². The van der Waals surface area contributed by atoms with Gasteiger partial charge in [0, 0.05) is 25.2 Å². The summed E-state index contributed by atoms with van der Waals surface area (Å²) in [5.74, 6) is -1.67. The van der Waals surface area contributed by atoms with Crippen LogP contribution in [0, 0.1) is 0 Å². The summed E-state index contributed by atoms with van der Waals surface area (Å²) in [5, 5.41) is 30.3. The van der Waals surface area contributed by atoms with Crippen LogP contribution in [0.3, 0.4) is 0 Å². The van der Waals surface area contributed by atoms with E-state index in [1.165, 1.54) is 4.90 Å². The summed E-state index contributed by atoms with van der Waals surface area (Å²) in [5.41, 5.74) is 0.163. The standard InChI is InChI=1S/C13H16N2O4/c1-3-5-15(6-4-2)13(19)14-9-7-10(16)12(18)11(17)8-9/h3-4,7-8,16-18H,1-2,5-6H2,(H,14,19). The number of urea groups is 1. The van der Waals surface area contributed by atoms with Crippen molar-refractivity contribution < 1.29 is 20.1 Å². The molecule has 0 aliphatic heterocycles. The summed E-state index contributed by atoms with van der Waals surface area (Å²) in [6, 6.07) is 1.82. The molecule has 102 valence electrons. The predicted molar refractivity (Wildman–Crippen MR) is 72.4 cm³/mol. The first kappa shape index (κ1) is 14.4. The molecule has 0 aromatic heterocycles. The van der Waals surface area contributed by atoms with Crippen molar-refractivity contribution >= 4 is 11.7 Å². The summed E-state index contributed by atoms with van der Waals surface area (Å²) in [4.78, 5) is 13.3. The average molecular weight is 264 g/mol. The molecule has 0 heterocycles. The molecule has 0 bridgehead atoms. The summed E-state index contributed by atoms with van der Waals surface area (Å²) in [6.07, 6.45) is 3.13. The Kier molecular flexibility index (Phi) is 4.82. The van der Waals surface area contributed by atoms with Gasteiger partial charge in [-0.3, -0.25) is 0 Å². The molecule has 6 nitrogen and oxygen atoms in total. The fraction of sp³-hybridized carbons (Fsp3) is 0.154. The smallest absolute Gasteiger partial charge is 0.322 e. The number of hydrogen-bond acceptors (Lipinski definition) is 4. The maximum atomic E-state index is 11.9. The van der Waals surface area contributed by atoms with Crippen LogP contribution >= 0.6 is 0 Å². The number of phenolic OH excluding ortho intramolecular Hbond substituents is 3. The molecule has 0 atom stereocenters. The van der Waals surface area contributed by atoms with E-state index in [1.807, 2.05) is 0 Å². The van der Waals surface area contributed by atoms with Gasteiger partial charge < -0.3 is 25.5 Å². The van der Waals surface area contributed by atoms with Gasteiger partial charge in [-0.1, -0.05) is 12.2 Å². The third-order valence-corrected chi connectivity index (χ3v) is 2.31. The Labute approximate surface area is 110 Å². The second-order valence-corrected chi connectivity index (χ2v) is 3.78. The number of nitrogens with zero attached hydrogens (tertiary/aromatic N) is 1. The highest BCUT2D eigenvalue weighted by Crippen LogP contribution is 2.37. The lowest BCUT2D eigenvalue weighted by Crippen LogP contribution is -2.35. The van der Waals surface area contributed by atoms with E-state index in [0.717, 1.165) is 12.1 Å². The van der Waals surface area contributed by atoms with Gasteiger partial charge in [-0.05, 0) is 0 Å². The molecule has 0 fully saturated rings. The van der Waals surface area contributed by atoms with Gasteiger partial charge in [-0.15, -0.1) is 13.2 Å². The molecule has 0 aliphatic rings. The minimum absolute atomic E-state index is 0.163. The molecule has 0 saturated carbocycles. The fourth-order valence-electron chi connectivity index (χ4n) is 1.43. The Bertz CT molecular complexity index is 466. The molecule has 0 saturated heterocycles. The van der Waals surface area contributed by atoms with Crippen LogP contribution in [0.5, 0.6) is 17.2 Å². The van der Waals surface area contributed by atoms with Crippen molar-refractivity contribution in [2.45, 2.75) is 0 Å². The third kappa shape index (κ3) is 3.67. The number of nitrogens with one attached hydrogen (secondary N) is 1. The quantitative estimate of drug-likeness (QED) is 0.372. The van der Waals surface area contributed by atoms with Crippen LogP contribution in [-0.4, -0.2) is 39.3 Å². The second kappa shape index (κ2) is 6.34. The van der Waals surface area contributed by atoms with Crippen molar-refractivity contribution in [3.8, 4) is 17.2 Å². The van der Waals surface area contributed by atoms with Crippen molar-refractivity contribution in [2.75, 3.05) is 18.4 Å². The Balaban J connectivity index is 2.85. The highest BCUT2D eigenvalue weighted by atomic mass is 16.3. The molecule has 4 N–H and O–H groups in total. The number of anilines is 1. The Hall–Kier alpha value is -2.63. The van der Waals surface area contributed by atoms with Crippen LogP contribution < -0.4 is 5.32 Å². The number of carbonyl (C=O) groups is 1. The molecular weight excluding hydrogens is 248 g/mol. The Morgan fingerprint density at radius 1 is 1.16 bits per heavy atom. The van der Waals surface area contributed by atoms with Gasteiger partial charge in [-0.25, -0.2) is 4.79 Å². The first-order valence-electron chi connectivity index (χ1n) is 5.52. The van der Waals surface area contributed by atoms with Gasteiger partial charge >= 0.3 is 6.03 Å². The lowest BCUT2D eigenvalue weighted by molar-refractivity contribution is 0.222. The first-order chi connectivity index (χ1) is 8.99. The summed E-state index contributed by atoms with van der Waals surface area (Å²) in [6.45, 7) is 7.74. The van der Waals surface area contributed by atoms with E-state index in [9.17, 15) is 20.1 Å². The third-order valence-electron chi connectivity index (χ3n) is 2.31. The molecule has 0 unspecified atom stereocenters. The normalized spacial score (nSPS) is 9.68. The Morgan fingerprint density at radius 2 is 1.63 bits per heavy atom. The van der Waals surface area contributed by atoms with Crippen LogP contribution in [0.15, 0.2) is 37.4 Å². The number of phenols is 3. The van der Waals surface area contributed by atoms with Crippen LogP contribution in [0.4, 0.5) is 10.5 Å². The van der Waals surface area contributed by atoms with Crippen LogP contribution in [0.1, 0.15) is 0 Å². The molecule has 2 amide bonds. The Morgan fingerprint density at radius 3 is 2.05 bits per heavy atom. The molecular formula is C13H16N2O4. The number of rotatable bonds is 5. The first-order valence-corrected chi connectivity index (χ1v) is 5.52. The molecule has 19 heavy (non-hydrogen) atoms. The highest BCUT2D eigenvalue weighted by molar-refractivity contribution is 5.90. The zero-order valence-corrected chi connectivity index (χ0v) is 10.3. The fourth-order valence-corrected chi connectivity index (χ4v) is 1.43. The van der Waals surface area contributed by atoms with Gasteiger partial charge in [0.25, 0.3) is 0 Å². The van der Waals surface area contributed by atoms with E-state index < -0.39 is 23.3 Å². The molecule has 0 radical (unpaired) electrons. The van der Waals surface area contributed by atoms with E-state index in [0.29, 0.717) is 13.1 Å². The number of carbonyl (C=O) groups excluding carboxylic acids is 1. The predicted octanol–water partition coefficient (Wildman–Crippen LogP) is 2.01. The summed E-state index contributed by atoms with van der Waals surface area (Å²) in [7, 11) is 0. The number of amides is 2. The van der Waals surface area contributed by atoms with Gasteiger partial charge in [0.15, 0.2) is 17.2 Å². The maximum Gasteiger partial charge on any atom is 0.322 e. The van der Waals surface area contributed by atoms with Crippen LogP contribution in [-0.2, 0) is 0 Å². The van der Waals surface area contributed by atoms with E-state index in [2.05, 4.69) is 18.5 Å². The average Bonchev–Trinajstić information content (AvgIpc) is 2.35. The molecule has 6 heteroatoms. The maximum absolute atomic E-state index is 11.9. The number of benzene rings is 1. The van der Waals surface area contributed by atoms with E-state index in [-0.39, 0.29) is 5.69 Å². The minimum atomic E-state index is -0.632. The second-order valence-electron chi connectivity index (χ2n) is 3.78. The van der Waals surface area contributed by atoms with Gasteiger partial charge in [-0.2, -0.15) is 0 Å². The van der Waals surface area contributed by atoms with E-state index >= 15 is 0 Å². The lowest BCUT2D eigenvalue weighted by Gasteiger charge is -2.20. The van der Waals surface area contributed by atoms with Gasteiger partial charge in [0.05, 0.1) is 5.69 Å². The SMILES string of the molecule is C=CCN(CC=C)C(=O)Nc1cc(O)c(O)c(O)c1. The van der Waals surface area contributed by atoms with Crippen molar-refractivity contribution in [3.63, 3.8) is 0 Å².